The highest BCUT2D eigenvalue weighted by molar-refractivity contribution is 4.98. The summed E-state index contributed by atoms with van der Waals surface area (Å²) in [7, 11) is 0. The lowest BCUT2D eigenvalue weighted by atomic mass is 9.84. The van der Waals surface area contributed by atoms with Crippen molar-refractivity contribution in [2.24, 2.45) is 0 Å². The average Bonchev–Trinajstić information content (AvgIpc) is 2.94. The maximum Gasteiger partial charge on any atom is 0.117 e. The summed E-state index contributed by atoms with van der Waals surface area (Å²) in [4.78, 5) is 4.87. The number of aliphatic hydroxyl groups is 1. The molecular weight excluding hydrogens is 252 g/mol. The molecule has 0 amide bonds. The minimum absolute atomic E-state index is 0.415. The molecular formula is C16H26N2O2. The Hall–Kier alpha value is -0.840. The van der Waals surface area contributed by atoms with Crippen LogP contribution in [0.25, 0.3) is 0 Å². The molecule has 1 saturated carbocycles. The van der Waals surface area contributed by atoms with Crippen LogP contribution in [0.1, 0.15) is 37.9 Å². The zero-order valence-corrected chi connectivity index (χ0v) is 12.3. The van der Waals surface area contributed by atoms with Crippen molar-refractivity contribution >= 4 is 0 Å². The van der Waals surface area contributed by atoms with Crippen LogP contribution in [0.15, 0.2) is 22.8 Å². The topological polar surface area (TPSA) is 39.9 Å². The Morgan fingerprint density at radius 3 is 2.40 bits per heavy atom. The Labute approximate surface area is 121 Å². The molecule has 4 heteroatoms. The lowest BCUT2D eigenvalue weighted by Crippen LogP contribution is -2.52. The number of piperazine rings is 1. The number of hydrogen-bond acceptors (Lipinski definition) is 4. The number of β-amino-alcohol motifs (C(OH)–C–C–N with tert-alkyl or cyclic N) is 1. The summed E-state index contributed by atoms with van der Waals surface area (Å²) in [6, 6.07) is 3.99. The van der Waals surface area contributed by atoms with Crippen molar-refractivity contribution in [2.75, 3.05) is 32.7 Å². The van der Waals surface area contributed by atoms with Gasteiger partial charge in [-0.1, -0.05) is 19.3 Å². The normalized spacial score (nSPS) is 24.9. The van der Waals surface area contributed by atoms with Gasteiger partial charge in [0.25, 0.3) is 0 Å². The van der Waals surface area contributed by atoms with Crippen LogP contribution in [0.3, 0.4) is 0 Å². The van der Waals surface area contributed by atoms with Crippen LogP contribution in [-0.4, -0.2) is 53.2 Å². The molecule has 112 valence electrons. The van der Waals surface area contributed by atoms with E-state index in [9.17, 15) is 5.11 Å². The van der Waals surface area contributed by atoms with Gasteiger partial charge in [0.15, 0.2) is 0 Å². The van der Waals surface area contributed by atoms with Crippen LogP contribution in [0.5, 0.6) is 0 Å². The first kappa shape index (κ1) is 14.1. The molecule has 1 aromatic heterocycles. The number of furan rings is 1. The number of nitrogens with zero attached hydrogens (tertiary/aromatic N) is 2. The third-order valence-corrected chi connectivity index (χ3v) is 4.73. The van der Waals surface area contributed by atoms with E-state index in [-0.39, 0.29) is 0 Å². The molecule has 2 fully saturated rings. The second-order valence-electron chi connectivity index (χ2n) is 6.42. The van der Waals surface area contributed by atoms with E-state index in [1.165, 1.54) is 19.3 Å². The van der Waals surface area contributed by atoms with Gasteiger partial charge in [-0.2, -0.15) is 0 Å². The molecule has 0 spiro atoms. The van der Waals surface area contributed by atoms with Gasteiger partial charge in [-0.3, -0.25) is 9.80 Å². The Balaban J connectivity index is 1.44. The summed E-state index contributed by atoms with van der Waals surface area (Å²) in [6.07, 6.45) is 7.38. The highest BCUT2D eigenvalue weighted by Crippen LogP contribution is 2.29. The van der Waals surface area contributed by atoms with Gasteiger partial charge in [-0.25, -0.2) is 0 Å². The van der Waals surface area contributed by atoms with E-state index in [0.717, 1.165) is 57.9 Å². The first-order valence-electron chi connectivity index (χ1n) is 7.93. The van der Waals surface area contributed by atoms with Gasteiger partial charge < -0.3 is 9.52 Å². The Bertz CT molecular complexity index is 391. The van der Waals surface area contributed by atoms with E-state index in [0.29, 0.717) is 0 Å². The number of hydrogen-bond donors (Lipinski definition) is 1. The fourth-order valence-corrected chi connectivity index (χ4v) is 3.51. The fourth-order valence-electron chi connectivity index (χ4n) is 3.51. The van der Waals surface area contributed by atoms with Crippen molar-refractivity contribution in [3.05, 3.63) is 24.2 Å². The lowest BCUT2D eigenvalue weighted by molar-refractivity contribution is -0.0363. The summed E-state index contributed by atoms with van der Waals surface area (Å²) in [5.74, 6) is 1.05. The van der Waals surface area contributed by atoms with Crippen molar-refractivity contribution in [1.82, 2.24) is 9.80 Å². The van der Waals surface area contributed by atoms with E-state index < -0.39 is 5.60 Å². The van der Waals surface area contributed by atoms with E-state index in [1.54, 1.807) is 6.26 Å². The van der Waals surface area contributed by atoms with Gasteiger partial charge >= 0.3 is 0 Å². The van der Waals surface area contributed by atoms with Gasteiger partial charge in [0.05, 0.1) is 18.4 Å². The van der Waals surface area contributed by atoms with E-state index in [1.807, 2.05) is 12.1 Å². The SMILES string of the molecule is OC1(CN2CCN(Cc3ccco3)CC2)CCCCC1. The maximum absolute atomic E-state index is 10.6. The fraction of sp³-hybridized carbons (Fsp3) is 0.750. The Morgan fingerprint density at radius 2 is 1.75 bits per heavy atom. The van der Waals surface area contributed by atoms with Gasteiger partial charge in [-0.15, -0.1) is 0 Å². The predicted molar refractivity (Wildman–Crippen MR) is 78.5 cm³/mol. The van der Waals surface area contributed by atoms with Gasteiger partial charge in [0.1, 0.15) is 5.76 Å². The molecule has 4 nitrogen and oxygen atoms in total. The van der Waals surface area contributed by atoms with Crippen molar-refractivity contribution in [1.29, 1.82) is 0 Å². The maximum atomic E-state index is 10.6. The molecule has 2 aliphatic rings. The quantitative estimate of drug-likeness (QED) is 0.915. The molecule has 1 aliphatic carbocycles. The summed E-state index contributed by atoms with van der Waals surface area (Å²) >= 11 is 0. The summed E-state index contributed by atoms with van der Waals surface area (Å²) in [5, 5.41) is 10.6. The third kappa shape index (κ3) is 3.62. The first-order valence-corrected chi connectivity index (χ1v) is 7.93. The average molecular weight is 278 g/mol. The van der Waals surface area contributed by atoms with Crippen LogP contribution >= 0.6 is 0 Å². The molecule has 2 heterocycles. The molecule has 0 aromatic carbocycles. The standard InChI is InChI=1S/C16H26N2O2/c19-16(6-2-1-3-7-16)14-18-10-8-17(9-11-18)13-15-5-4-12-20-15/h4-5,12,19H,1-3,6-11,13-14H2. The summed E-state index contributed by atoms with van der Waals surface area (Å²) < 4.78 is 5.41. The zero-order valence-electron chi connectivity index (χ0n) is 12.3. The minimum atomic E-state index is -0.415. The van der Waals surface area contributed by atoms with Crippen LogP contribution in [-0.2, 0) is 6.54 Å². The molecule has 20 heavy (non-hydrogen) atoms. The van der Waals surface area contributed by atoms with E-state index in [4.69, 9.17) is 4.42 Å². The van der Waals surface area contributed by atoms with Gasteiger partial charge in [0.2, 0.25) is 0 Å². The van der Waals surface area contributed by atoms with Crippen LogP contribution in [0, 0.1) is 0 Å². The molecule has 0 bridgehead atoms. The molecule has 0 radical (unpaired) electrons. The summed E-state index contributed by atoms with van der Waals surface area (Å²) in [6.45, 7) is 6.02. The smallest absolute Gasteiger partial charge is 0.117 e. The second-order valence-corrected chi connectivity index (χ2v) is 6.42. The second kappa shape index (κ2) is 6.29. The number of rotatable bonds is 4. The largest absolute Gasteiger partial charge is 0.468 e. The molecule has 1 saturated heterocycles. The predicted octanol–water partition coefficient (Wildman–Crippen LogP) is 2.09. The zero-order chi connectivity index (χ0) is 13.8. The lowest BCUT2D eigenvalue weighted by Gasteiger charge is -2.40. The van der Waals surface area contributed by atoms with Crippen molar-refractivity contribution in [3.63, 3.8) is 0 Å². The third-order valence-electron chi connectivity index (χ3n) is 4.73. The van der Waals surface area contributed by atoms with Crippen LogP contribution in [0.2, 0.25) is 0 Å². The van der Waals surface area contributed by atoms with Gasteiger partial charge in [-0.05, 0) is 25.0 Å². The molecule has 0 unspecified atom stereocenters. The molecule has 1 N–H and O–H groups in total. The first-order chi connectivity index (χ1) is 9.73. The van der Waals surface area contributed by atoms with Crippen molar-refractivity contribution < 1.29 is 9.52 Å². The molecule has 0 atom stereocenters. The van der Waals surface area contributed by atoms with Crippen LogP contribution in [0.4, 0.5) is 0 Å². The van der Waals surface area contributed by atoms with Crippen molar-refractivity contribution in [2.45, 2.75) is 44.2 Å². The van der Waals surface area contributed by atoms with Gasteiger partial charge in [0, 0.05) is 32.7 Å². The van der Waals surface area contributed by atoms with Crippen molar-refractivity contribution in [3.8, 4) is 0 Å². The monoisotopic (exact) mass is 278 g/mol. The summed E-state index contributed by atoms with van der Waals surface area (Å²) in [5.41, 5.74) is -0.415. The van der Waals surface area contributed by atoms with E-state index in [2.05, 4.69) is 9.80 Å². The molecule has 1 aromatic rings. The molecule has 3 rings (SSSR count). The molecule has 1 aliphatic heterocycles. The highest BCUT2D eigenvalue weighted by Gasteiger charge is 2.32. The van der Waals surface area contributed by atoms with E-state index >= 15 is 0 Å². The Morgan fingerprint density at radius 1 is 1.05 bits per heavy atom. The Kier molecular flexibility index (Phi) is 4.44. The minimum Gasteiger partial charge on any atom is -0.468 e. The van der Waals surface area contributed by atoms with Crippen LogP contribution < -0.4 is 0 Å². The highest BCUT2D eigenvalue weighted by atomic mass is 16.3.